The van der Waals surface area contributed by atoms with E-state index < -0.39 is 12.1 Å². The second-order valence-electron chi connectivity index (χ2n) is 3.79. The quantitative estimate of drug-likeness (QED) is 0.723. The van der Waals surface area contributed by atoms with Gasteiger partial charge in [0.05, 0.1) is 0 Å². The Morgan fingerprint density at radius 2 is 2.15 bits per heavy atom. The second kappa shape index (κ2) is 4.56. The molecule has 4 heteroatoms. The van der Waals surface area contributed by atoms with E-state index in [1.807, 2.05) is 7.05 Å². The zero-order valence-electron chi connectivity index (χ0n) is 7.87. The zero-order chi connectivity index (χ0) is 9.84. The zero-order valence-corrected chi connectivity index (χ0v) is 7.87. The van der Waals surface area contributed by atoms with Gasteiger partial charge in [-0.3, -0.25) is 0 Å². The highest BCUT2D eigenvalue weighted by Gasteiger charge is 2.24. The van der Waals surface area contributed by atoms with Crippen LogP contribution in [0.2, 0.25) is 0 Å². The van der Waals surface area contributed by atoms with Crippen molar-refractivity contribution in [1.29, 1.82) is 0 Å². The number of alkyl halides is 1. The van der Waals surface area contributed by atoms with E-state index in [9.17, 15) is 9.18 Å². The minimum absolute atomic E-state index is 0.184. The predicted octanol–water partition coefficient (Wildman–Crippen LogP) is 1.14. The second-order valence-corrected chi connectivity index (χ2v) is 3.79. The summed E-state index contributed by atoms with van der Waals surface area (Å²) in [6.45, 7) is 1.91. The molecule has 0 radical (unpaired) electrons. The SMILES string of the molecule is CN1CCC(CC(F)C(=O)O)CC1. The number of carboxylic acids is 1. The molecular weight excluding hydrogens is 173 g/mol. The van der Waals surface area contributed by atoms with Crippen LogP contribution in [0.25, 0.3) is 0 Å². The molecule has 0 aliphatic carbocycles. The summed E-state index contributed by atoms with van der Waals surface area (Å²) < 4.78 is 12.8. The Kier molecular flexibility index (Phi) is 3.66. The van der Waals surface area contributed by atoms with Crippen LogP contribution in [0.3, 0.4) is 0 Å². The van der Waals surface area contributed by atoms with Crippen molar-refractivity contribution in [2.45, 2.75) is 25.4 Å². The van der Waals surface area contributed by atoms with Gasteiger partial charge in [-0.05, 0) is 45.3 Å². The number of likely N-dealkylation sites (tertiary alicyclic amines) is 1. The van der Waals surface area contributed by atoms with Crippen LogP contribution in [0, 0.1) is 5.92 Å². The third-order valence-electron chi connectivity index (χ3n) is 2.65. The van der Waals surface area contributed by atoms with Crippen LogP contribution in [-0.2, 0) is 4.79 Å². The van der Waals surface area contributed by atoms with Crippen LogP contribution in [0.4, 0.5) is 4.39 Å². The molecular formula is C9H16FNO2. The molecule has 0 saturated carbocycles. The number of halogens is 1. The van der Waals surface area contributed by atoms with Crippen LogP contribution in [0.5, 0.6) is 0 Å². The van der Waals surface area contributed by atoms with E-state index in [4.69, 9.17) is 5.11 Å². The fraction of sp³-hybridized carbons (Fsp3) is 0.889. The monoisotopic (exact) mass is 189 g/mol. The van der Waals surface area contributed by atoms with Gasteiger partial charge in [-0.2, -0.15) is 0 Å². The Labute approximate surface area is 77.5 Å². The smallest absolute Gasteiger partial charge is 0.338 e. The molecule has 76 valence electrons. The summed E-state index contributed by atoms with van der Waals surface area (Å²) in [4.78, 5) is 12.4. The third kappa shape index (κ3) is 3.30. The molecule has 0 amide bonds. The summed E-state index contributed by atoms with van der Waals surface area (Å²) in [6.07, 6.45) is 0.353. The van der Waals surface area contributed by atoms with Gasteiger partial charge in [0, 0.05) is 0 Å². The number of carboxylic acid groups (broad SMARTS) is 1. The predicted molar refractivity (Wildman–Crippen MR) is 47.4 cm³/mol. The molecule has 1 fully saturated rings. The van der Waals surface area contributed by atoms with Crippen molar-refractivity contribution < 1.29 is 14.3 Å². The Morgan fingerprint density at radius 3 is 2.62 bits per heavy atom. The molecule has 1 rings (SSSR count). The Balaban J connectivity index is 2.26. The number of nitrogens with zero attached hydrogens (tertiary/aromatic N) is 1. The fourth-order valence-electron chi connectivity index (χ4n) is 1.69. The molecule has 1 atom stereocenters. The normalized spacial score (nSPS) is 22.9. The van der Waals surface area contributed by atoms with Gasteiger partial charge in [0.1, 0.15) is 0 Å². The van der Waals surface area contributed by atoms with E-state index >= 15 is 0 Å². The molecule has 0 bridgehead atoms. The van der Waals surface area contributed by atoms with Crippen LogP contribution in [0.1, 0.15) is 19.3 Å². The molecule has 1 N–H and O–H groups in total. The Bertz CT molecular complexity index is 178. The van der Waals surface area contributed by atoms with E-state index in [1.165, 1.54) is 0 Å². The van der Waals surface area contributed by atoms with Gasteiger partial charge in [-0.15, -0.1) is 0 Å². The lowest BCUT2D eigenvalue weighted by Crippen LogP contribution is -2.32. The van der Waals surface area contributed by atoms with Crippen LogP contribution in [-0.4, -0.2) is 42.3 Å². The first-order valence-electron chi connectivity index (χ1n) is 4.65. The van der Waals surface area contributed by atoms with Crippen molar-refractivity contribution in [2.24, 2.45) is 5.92 Å². The number of hydrogen-bond donors (Lipinski definition) is 1. The molecule has 0 spiro atoms. The largest absolute Gasteiger partial charge is 0.479 e. The molecule has 1 unspecified atom stereocenters. The lowest BCUT2D eigenvalue weighted by Gasteiger charge is -2.28. The van der Waals surface area contributed by atoms with Crippen molar-refractivity contribution in [1.82, 2.24) is 4.90 Å². The molecule has 1 aliphatic rings. The first kappa shape index (κ1) is 10.4. The first-order chi connectivity index (χ1) is 6.09. The molecule has 0 aromatic rings. The number of aliphatic carboxylic acids is 1. The molecule has 1 aliphatic heterocycles. The van der Waals surface area contributed by atoms with E-state index in [1.54, 1.807) is 0 Å². The third-order valence-corrected chi connectivity index (χ3v) is 2.65. The van der Waals surface area contributed by atoms with Crippen molar-refractivity contribution in [2.75, 3.05) is 20.1 Å². The minimum atomic E-state index is -1.67. The lowest BCUT2D eigenvalue weighted by atomic mass is 9.92. The lowest BCUT2D eigenvalue weighted by molar-refractivity contribution is -0.143. The molecule has 13 heavy (non-hydrogen) atoms. The standard InChI is InChI=1S/C9H16FNO2/c1-11-4-2-7(3-5-11)6-8(10)9(12)13/h7-8H,2-6H2,1H3,(H,12,13). The van der Waals surface area contributed by atoms with Gasteiger partial charge in [0.2, 0.25) is 0 Å². The highest BCUT2D eigenvalue weighted by molar-refractivity contribution is 5.71. The van der Waals surface area contributed by atoms with Crippen LogP contribution >= 0.6 is 0 Å². The van der Waals surface area contributed by atoms with Crippen LogP contribution in [0.15, 0.2) is 0 Å². The highest BCUT2D eigenvalue weighted by Crippen LogP contribution is 2.22. The average Bonchev–Trinajstić information content (AvgIpc) is 2.08. The summed E-state index contributed by atoms with van der Waals surface area (Å²) in [5, 5.41) is 8.38. The van der Waals surface area contributed by atoms with E-state index in [0.717, 1.165) is 25.9 Å². The minimum Gasteiger partial charge on any atom is -0.479 e. The van der Waals surface area contributed by atoms with Crippen LogP contribution < -0.4 is 0 Å². The molecule has 0 aromatic heterocycles. The van der Waals surface area contributed by atoms with Gasteiger partial charge in [-0.1, -0.05) is 0 Å². The van der Waals surface area contributed by atoms with E-state index in [2.05, 4.69) is 4.90 Å². The Hall–Kier alpha value is -0.640. The summed E-state index contributed by atoms with van der Waals surface area (Å²) >= 11 is 0. The van der Waals surface area contributed by atoms with Gasteiger partial charge in [-0.25, -0.2) is 9.18 Å². The fourth-order valence-corrected chi connectivity index (χ4v) is 1.69. The highest BCUT2D eigenvalue weighted by atomic mass is 19.1. The first-order valence-corrected chi connectivity index (χ1v) is 4.65. The van der Waals surface area contributed by atoms with E-state index in [0.29, 0.717) is 0 Å². The summed E-state index contributed by atoms with van der Waals surface area (Å²) in [7, 11) is 2.03. The van der Waals surface area contributed by atoms with Crippen molar-refractivity contribution >= 4 is 5.97 Å². The maximum absolute atomic E-state index is 12.8. The maximum atomic E-state index is 12.8. The summed E-state index contributed by atoms with van der Waals surface area (Å²) in [5.41, 5.74) is 0. The molecule has 3 nitrogen and oxygen atoms in total. The number of carbonyl (C=O) groups is 1. The number of rotatable bonds is 3. The molecule has 0 aromatic carbocycles. The van der Waals surface area contributed by atoms with Gasteiger partial charge in [0.25, 0.3) is 0 Å². The number of piperidine rings is 1. The topological polar surface area (TPSA) is 40.5 Å². The molecule has 1 saturated heterocycles. The summed E-state index contributed by atoms with van der Waals surface area (Å²) in [6, 6.07) is 0. The van der Waals surface area contributed by atoms with Gasteiger partial charge < -0.3 is 10.0 Å². The maximum Gasteiger partial charge on any atom is 0.338 e. The van der Waals surface area contributed by atoms with Crippen molar-refractivity contribution in [3.63, 3.8) is 0 Å². The van der Waals surface area contributed by atoms with E-state index in [-0.39, 0.29) is 12.3 Å². The van der Waals surface area contributed by atoms with Crippen molar-refractivity contribution in [3.05, 3.63) is 0 Å². The van der Waals surface area contributed by atoms with Gasteiger partial charge >= 0.3 is 5.97 Å². The van der Waals surface area contributed by atoms with Crippen molar-refractivity contribution in [3.8, 4) is 0 Å². The molecule has 1 heterocycles. The summed E-state index contributed by atoms with van der Waals surface area (Å²) in [5.74, 6) is -1.07. The number of hydrogen-bond acceptors (Lipinski definition) is 2. The Morgan fingerprint density at radius 1 is 1.62 bits per heavy atom. The van der Waals surface area contributed by atoms with Gasteiger partial charge in [0.15, 0.2) is 6.17 Å². The average molecular weight is 189 g/mol.